The average molecular weight is 390 g/mol. The fourth-order valence-corrected chi connectivity index (χ4v) is 3.46. The van der Waals surface area contributed by atoms with Gasteiger partial charge in [0.25, 0.3) is 5.56 Å². The second-order valence-electron chi connectivity index (χ2n) is 6.69. The number of pyridine rings is 2. The van der Waals surface area contributed by atoms with E-state index in [4.69, 9.17) is 5.73 Å². The van der Waals surface area contributed by atoms with E-state index in [-0.39, 0.29) is 68.6 Å². The quantitative estimate of drug-likeness (QED) is 0.471. The topological polar surface area (TPSA) is 87.6 Å². The summed E-state index contributed by atoms with van der Waals surface area (Å²) >= 11 is 0. The van der Waals surface area contributed by atoms with E-state index >= 15 is 0 Å². The molecule has 1 saturated carbocycles. The monoisotopic (exact) mass is 390 g/mol. The van der Waals surface area contributed by atoms with Crippen LogP contribution in [0, 0.1) is 12.7 Å². The molecule has 0 radical (unpaired) electrons. The molecule has 0 bridgehead atoms. The number of halogens is 1. The number of aryl methyl sites for hydroxylation is 1. The molecule has 0 unspecified atom stereocenters. The molecular weight excluding hydrogens is 374 g/mol. The SMILES string of the molecule is Cc1c(-c2ccc(N)c(F)c2)ccn2c(=O)c(C(=O)[O-])cc(C3CC3)c12.[K+]. The zero-order valence-corrected chi connectivity index (χ0v) is 18.2. The van der Waals surface area contributed by atoms with E-state index in [1.54, 1.807) is 12.1 Å². The number of nitrogens with two attached hydrogens (primary N) is 1. The summed E-state index contributed by atoms with van der Waals surface area (Å²) in [7, 11) is 0. The van der Waals surface area contributed by atoms with Crippen molar-refractivity contribution in [2.75, 3.05) is 5.73 Å². The molecule has 0 aliphatic heterocycles. The van der Waals surface area contributed by atoms with E-state index in [0.29, 0.717) is 11.1 Å². The predicted molar refractivity (Wildman–Crippen MR) is 94.5 cm³/mol. The summed E-state index contributed by atoms with van der Waals surface area (Å²) < 4.78 is 15.2. The van der Waals surface area contributed by atoms with Crippen molar-refractivity contribution in [1.29, 1.82) is 0 Å². The maximum atomic E-state index is 13.9. The average Bonchev–Trinajstić information content (AvgIpc) is 3.43. The van der Waals surface area contributed by atoms with Crippen molar-refractivity contribution in [3.63, 3.8) is 0 Å². The zero-order chi connectivity index (χ0) is 18.6. The summed E-state index contributed by atoms with van der Waals surface area (Å²) in [5.41, 5.74) is 8.37. The number of nitrogens with zero attached hydrogens (tertiary/aromatic N) is 1. The Labute approximate surface area is 197 Å². The van der Waals surface area contributed by atoms with E-state index in [2.05, 4.69) is 0 Å². The van der Waals surface area contributed by atoms with Gasteiger partial charge in [0.1, 0.15) is 5.82 Å². The molecule has 7 heteroatoms. The predicted octanol–water partition coefficient (Wildman–Crippen LogP) is -0.759. The van der Waals surface area contributed by atoms with Gasteiger partial charge in [0.15, 0.2) is 0 Å². The number of hydrogen-bond acceptors (Lipinski definition) is 4. The normalized spacial score (nSPS) is 13.4. The van der Waals surface area contributed by atoms with Crippen LogP contribution in [0.25, 0.3) is 16.6 Å². The Morgan fingerprint density at radius 3 is 2.56 bits per heavy atom. The van der Waals surface area contributed by atoms with Crippen molar-refractivity contribution in [1.82, 2.24) is 4.40 Å². The Kier molecular flexibility index (Phi) is 5.61. The van der Waals surface area contributed by atoms with Gasteiger partial charge >= 0.3 is 51.4 Å². The van der Waals surface area contributed by atoms with Gasteiger partial charge in [-0.25, -0.2) is 4.39 Å². The number of aromatic carboxylic acids is 1. The Balaban J connectivity index is 0.00000210. The molecule has 1 aliphatic carbocycles. The van der Waals surface area contributed by atoms with Crippen LogP contribution in [0.4, 0.5) is 10.1 Å². The molecule has 0 amide bonds. The fourth-order valence-electron chi connectivity index (χ4n) is 3.46. The van der Waals surface area contributed by atoms with Crippen molar-refractivity contribution in [3.05, 3.63) is 69.4 Å². The van der Waals surface area contributed by atoms with Crippen LogP contribution >= 0.6 is 0 Å². The second-order valence-corrected chi connectivity index (χ2v) is 6.69. The maximum Gasteiger partial charge on any atom is 1.00 e. The molecule has 132 valence electrons. The summed E-state index contributed by atoms with van der Waals surface area (Å²) in [6.45, 7) is 1.85. The van der Waals surface area contributed by atoms with Gasteiger partial charge in [-0.2, -0.15) is 0 Å². The molecule has 1 aliphatic rings. The van der Waals surface area contributed by atoms with Gasteiger partial charge in [0, 0.05) is 6.20 Å². The minimum absolute atomic E-state index is 0. The Bertz CT molecular complexity index is 1140. The van der Waals surface area contributed by atoms with E-state index in [1.165, 1.54) is 28.8 Å². The molecule has 0 atom stereocenters. The van der Waals surface area contributed by atoms with Crippen LogP contribution in [0.1, 0.15) is 40.2 Å². The molecule has 27 heavy (non-hydrogen) atoms. The molecule has 1 aromatic carbocycles. The molecule has 0 saturated heterocycles. The summed E-state index contributed by atoms with van der Waals surface area (Å²) in [6, 6.07) is 7.71. The first-order valence-corrected chi connectivity index (χ1v) is 8.34. The van der Waals surface area contributed by atoms with Crippen LogP contribution in [-0.2, 0) is 0 Å². The van der Waals surface area contributed by atoms with Gasteiger partial charge in [0.05, 0.1) is 22.7 Å². The molecule has 3 aromatic rings. The van der Waals surface area contributed by atoms with Gasteiger partial charge in [-0.1, -0.05) is 6.07 Å². The van der Waals surface area contributed by atoms with Gasteiger partial charge in [-0.15, -0.1) is 0 Å². The number of benzene rings is 1. The number of hydrogen-bond donors (Lipinski definition) is 1. The van der Waals surface area contributed by atoms with Crippen molar-refractivity contribution < 1.29 is 65.7 Å². The molecular formula is C20H16FKN2O3. The molecule has 1 fully saturated rings. The van der Waals surface area contributed by atoms with Crippen molar-refractivity contribution >= 4 is 17.2 Å². The number of carbonyl (C=O) groups excluding carboxylic acids is 1. The number of anilines is 1. The summed E-state index contributed by atoms with van der Waals surface area (Å²) in [5.74, 6) is -1.76. The largest absolute Gasteiger partial charge is 1.00 e. The van der Waals surface area contributed by atoms with Crippen LogP contribution < -0.4 is 67.8 Å². The molecule has 2 aromatic heterocycles. The number of rotatable bonds is 3. The third kappa shape index (κ3) is 3.50. The van der Waals surface area contributed by atoms with E-state index in [0.717, 1.165) is 29.5 Å². The van der Waals surface area contributed by atoms with E-state index in [1.807, 2.05) is 6.92 Å². The Morgan fingerprint density at radius 1 is 1.26 bits per heavy atom. The first-order chi connectivity index (χ1) is 12.4. The molecule has 5 nitrogen and oxygen atoms in total. The van der Waals surface area contributed by atoms with Crippen molar-refractivity contribution in [2.24, 2.45) is 0 Å². The van der Waals surface area contributed by atoms with Crippen LogP contribution in [-0.4, -0.2) is 10.4 Å². The standard InChI is InChI=1S/C20H17FN2O3.K/c1-10-13(12-4-5-17(22)16(21)8-12)6-7-23-18(10)14(11-2-3-11)9-15(19(23)24)20(25)26;/h4-9,11H,2-3,22H2,1H3,(H,25,26);/q;+1/p-1. The maximum absolute atomic E-state index is 13.9. The molecule has 2 N–H and O–H groups in total. The number of carboxylic acid groups (broad SMARTS) is 1. The van der Waals surface area contributed by atoms with Gasteiger partial charge in [-0.3, -0.25) is 9.20 Å². The van der Waals surface area contributed by atoms with Crippen molar-refractivity contribution in [3.8, 4) is 11.1 Å². The Morgan fingerprint density at radius 2 is 1.96 bits per heavy atom. The molecule has 2 heterocycles. The number of carbonyl (C=O) groups is 1. The third-order valence-corrected chi connectivity index (χ3v) is 4.96. The van der Waals surface area contributed by atoms with E-state index in [9.17, 15) is 19.1 Å². The smallest absolute Gasteiger partial charge is 0.545 e. The Hall–Kier alpha value is -1.51. The zero-order valence-electron chi connectivity index (χ0n) is 15.1. The van der Waals surface area contributed by atoms with Crippen LogP contribution in [0.5, 0.6) is 0 Å². The summed E-state index contributed by atoms with van der Waals surface area (Å²) in [6.07, 6.45) is 3.42. The van der Waals surface area contributed by atoms with Crippen molar-refractivity contribution in [2.45, 2.75) is 25.7 Å². The first-order valence-electron chi connectivity index (χ1n) is 8.34. The van der Waals surface area contributed by atoms with E-state index < -0.39 is 17.3 Å². The van der Waals surface area contributed by atoms with Crippen LogP contribution in [0.15, 0.2) is 41.3 Å². The molecule has 0 spiro atoms. The van der Waals surface area contributed by atoms with Crippen LogP contribution in [0.3, 0.4) is 0 Å². The van der Waals surface area contributed by atoms with Gasteiger partial charge in [-0.05, 0) is 72.2 Å². The molecule has 4 rings (SSSR count). The number of carboxylic acids is 1. The summed E-state index contributed by atoms with van der Waals surface area (Å²) in [4.78, 5) is 23.9. The van der Waals surface area contributed by atoms with Gasteiger partial charge in [0.2, 0.25) is 0 Å². The minimum Gasteiger partial charge on any atom is -0.545 e. The minimum atomic E-state index is -1.48. The fraction of sp³-hybridized carbons (Fsp3) is 0.200. The first kappa shape index (κ1) is 20.2. The van der Waals surface area contributed by atoms with Gasteiger partial charge < -0.3 is 15.6 Å². The number of aromatic nitrogens is 1. The number of fused-ring (bicyclic) bond motifs is 1. The summed E-state index contributed by atoms with van der Waals surface area (Å²) in [5, 5.41) is 11.3. The second kappa shape index (κ2) is 7.48. The third-order valence-electron chi connectivity index (χ3n) is 4.96. The van der Waals surface area contributed by atoms with Crippen LogP contribution in [0.2, 0.25) is 0 Å². The number of nitrogen functional groups attached to an aromatic ring is 1.